The summed E-state index contributed by atoms with van der Waals surface area (Å²) in [5, 5.41) is 15.7. The fourth-order valence-corrected chi connectivity index (χ4v) is 3.56. The number of anilines is 3. The smallest absolute Gasteiger partial charge is 0.248 e. The number of nitrogens with zero attached hydrogens (tertiary/aromatic N) is 6. The first-order valence-corrected chi connectivity index (χ1v) is 10.5. The van der Waals surface area contributed by atoms with Gasteiger partial charge in [-0.25, -0.2) is 14.6 Å². The second kappa shape index (κ2) is 8.54. The average Bonchev–Trinajstić information content (AvgIpc) is 3.50. The fraction of sp³-hybridized carbons (Fsp3) is 0.125. The highest BCUT2D eigenvalue weighted by Gasteiger charge is 2.16. The molecule has 0 aliphatic heterocycles. The minimum Gasteiger partial charge on any atom is -0.339 e. The van der Waals surface area contributed by atoms with Gasteiger partial charge in [0, 0.05) is 23.8 Å². The van der Waals surface area contributed by atoms with Crippen molar-refractivity contribution < 1.29 is 4.79 Å². The largest absolute Gasteiger partial charge is 0.339 e. The van der Waals surface area contributed by atoms with Crippen molar-refractivity contribution in [1.29, 1.82) is 0 Å². The van der Waals surface area contributed by atoms with Gasteiger partial charge in [-0.3, -0.25) is 9.48 Å². The van der Waals surface area contributed by atoms with Gasteiger partial charge in [0.15, 0.2) is 5.65 Å². The molecule has 0 bridgehead atoms. The third-order valence-electron chi connectivity index (χ3n) is 5.23. The standard InChI is InChI=1S/C24H22N8O/c1-16(31-13-7-12-25-31)24(33)30-19-9-6-8-18(14-19)29-22-21-15-26-32(20-10-4-3-5-11-20)23(21)28-17(2)27-22/h3-16H,1-2H3,(H,30,33)(H,27,28,29). The van der Waals surface area contributed by atoms with Crippen LogP contribution in [-0.4, -0.2) is 35.4 Å². The second-order valence-corrected chi connectivity index (χ2v) is 7.61. The Morgan fingerprint density at radius 1 is 0.970 bits per heavy atom. The molecule has 3 heterocycles. The van der Waals surface area contributed by atoms with Gasteiger partial charge in [-0.15, -0.1) is 0 Å². The highest BCUT2D eigenvalue weighted by Crippen LogP contribution is 2.27. The molecule has 0 spiro atoms. The molecule has 0 aliphatic carbocycles. The van der Waals surface area contributed by atoms with Crippen LogP contribution in [0.25, 0.3) is 16.7 Å². The third-order valence-corrected chi connectivity index (χ3v) is 5.23. The summed E-state index contributed by atoms with van der Waals surface area (Å²) >= 11 is 0. The predicted molar refractivity (Wildman–Crippen MR) is 127 cm³/mol. The van der Waals surface area contributed by atoms with E-state index in [9.17, 15) is 4.79 Å². The number of amides is 1. The molecule has 0 radical (unpaired) electrons. The van der Waals surface area contributed by atoms with Crippen LogP contribution in [0.3, 0.4) is 0 Å². The molecule has 0 fully saturated rings. The molecule has 1 amide bonds. The lowest BCUT2D eigenvalue weighted by Crippen LogP contribution is -2.23. The Kier molecular flexibility index (Phi) is 5.27. The molecule has 5 rings (SSSR count). The number of hydrogen-bond donors (Lipinski definition) is 2. The maximum absolute atomic E-state index is 12.6. The number of carbonyl (C=O) groups is 1. The van der Waals surface area contributed by atoms with Crippen LogP contribution >= 0.6 is 0 Å². The molecule has 9 heteroatoms. The molecule has 33 heavy (non-hydrogen) atoms. The van der Waals surface area contributed by atoms with Gasteiger partial charge in [0.1, 0.15) is 17.7 Å². The van der Waals surface area contributed by atoms with Crippen molar-refractivity contribution in [2.75, 3.05) is 10.6 Å². The van der Waals surface area contributed by atoms with Gasteiger partial charge in [0.05, 0.1) is 17.3 Å². The summed E-state index contributed by atoms with van der Waals surface area (Å²) in [6.07, 6.45) is 5.17. The molecule has 2 N–H and O–H groups in total. The molecular formula is C24H22N8O. The fourth-order valence-electron chi connectivity index (χ4n) is 3.56. The Labute approximate surface area is 190 Å². The zero-order valence-electron chi connectivity index (χ0n) is 18.2. The summed E-state index contributed by atoms with van der Waals surface area (Å²) in [4.78, 5) is 21.8. The van der Waals surface area contributed by atoms with E-state index < -0.39 is 6.04 Å². The number of hydrogen-bond acceptors (Lipinski definition) is 6. The molecule has 0 saturated heterocycles. The number of para-hydroxylation sites is 1. The first-order chi connectivity index (χ1) is 16.1. The maximum atomic E-state index is 12.6. The Hall–Kier alpha value is -4.53. The van der Waals surface area contributed by atoms with Gasteiger partial charge < -0.3 is 10.6 Å². The molecule has 0 saturated carbocycles. The van der Waals surface area contributed by atoms with E-state index in [0.29, 0.717) is 23.0 Å². The number of aryl methyl sites for hydroxylation is 1. The van der Waals surface area contributed by atoms with Crippen LogP contribution < -0.4 is 10.6 Å². The third kappa shape index (κ3) is 4.16. The van der Waals surface area contributed by atoms with Crippen LogP contribution in [0.15, 0.2) is 79.3 Å². The van der Waals surface area contributed by atoms with Crippen LogP contribution in [-0.2, 0) is 4.79 Å². The number of nitrogens with one attached hydrogen (secondary N) is 2. The van der Waals surface area contributed by atoms with Crippen molar-refractivity contribution in [3.8, 4) is 5.69 Å². The first-order valence-electron chi connectivity index (χ1n) is 10.5. The molecule has 0 aliphatic rings. The van der Waals surface area contributed by atoms with E-state index in [1.807, 2.05) is 61.5 Å². The quantitative estimate of drug-likeness (QED) is 0.411. The van der Waals surface area contributed by atoms with Crippen molar-refractivity contribution in [2.24, 2.45) is 0 Å². The summed E-state index contributed by atoms with van der Waals surface area (Å²) in [6.45, 7) is 3.65. The van der Waals surface area contributed by atoms with E-state index in [4.69, 9.17) is 0 Å². The summed E-state index contributed by atoms with van der Waals surface area (Å²) < 4.78 is 3.41. The van der Waals surface area contributed by atoms with Crippen LogP contribution in [0.2, 0.25) is 0 Å². The summed E-state index contributed by atoms with van der Waals surface area (Å²) in [5.74, 6) is 1.12. The van der Waals surface area contributed by atoms with E-state index in [1.165, 1.54) is 0 Å². The highest BCUT2D eigenvalue weighted by molar-refractivity contribution is 5.94. The topological polar surface area (TPSA) is 103 Å². The van der Waals surface area contributed by atoms with Crippen molar-refractivity contribution >= 4 is 34.1 Å². The zero-order valence-corrected chi connectivity index (χ0v) is 18.2. The summed E-state index contributed by atoms with van der Waals surface area (Å²) in [7, 11) is 0. The lowest BCUT2D eigenvalue weighted by Gasteiger charge is -2.14. The SMILES string of the molecule is Cc1nc(Nc2cccc(NC(=O)C(C)n3cccn3)c2)c2cnn(-c3ccccc3)c2n1. The van der Waals surface area contributed by atoms with Gasteiger partial charge in [-0.1, -0.05) is 24.3 Å². The monoisotopic (exact) mass is 438 g/mol. The normalized spacial score (nSPS) is 11.9. The van der Waals surface area contributed by atoms with E-state index >= 15 is 0 Å². The van der Waals surface area contributed by atoms with Crippen LogP contribution in [0.1, 0.15) is 18.8 Å². The van der Waals surface area contributed by atoms with Crippen LogP contribution in [0.4, 0.5) is 17.2 Å². The first kappa shape index (κ1) is 20.4. The molecule has 1 atom stereocenters. The van der Waals surface area contributed by atoms with E-state index in [-0.39, 0.29) is 5.91 Å². The van der Waals surface area contributed by atoms with Crippen molar-refractivity contribution in [2.45, 2.75) is 19.9 Å². The Morgan fingerprint density at radius 2 is 1.79 bits per heavy atom. The summed E-state index contributed by atoms with van der Waals surface area (Å²) in [6, 6.07) is 18.7. The number of aromatic nitrogens is 6. The molecule has 1 unspecified atom stereocenters. The van der Waals surface area contributed by atoms with Crippen LogP contribution in [0.5, 0.6) is 0 Å². The van der Waals surface area contributed by atoms with Gasteiger partial charge in [0.25, 0.3) is 0 Å². The molecule has 5 aromatic rings. The van der Waals surface area contributed by atoms with Gasteiger partial charge in [0.2, 0.25) is 5.91 Å². The van der Waals surface area contributed by atoms with Gasteiger partial charge in [-0.05, 0) is 50.2 Å². The Morgan fingerprint density at radius 3 is 2.58 bits per heavy atom. The predicted octanol–water partition coefficient (Wildman–Crippen LogP) is 4.26. The van der Waals surface area contributed by atoms with Gasteiger partial charge >= 0.3 is 0 Å². The molecule has 9 nitrogen and oxygen atoms in total. The Balaban J connectivity index is 1.41. The lowest BCUT2D eigenvalue weighted by molar-refractivity contribution is -0.119. The minimum atomic E-state index is -0.426. The summed E-state index contributed by atoms with van der Waals surface area (Å²) in [5.41, 5.74) is 3.10. The van der Waals surface area contributed by atoms with Crippen LogP contribution in [0, 0.1) is 6.92 Å². The highest BCUT2D eigenvalue weighted by atomic mass is 16.2. The van der Waals surface area contributed by atoms with Gasteiger partial charge in [-0.2, -0.15) is 10.2 Å². The molecule has 164 valence electrons. The molecule has 2 aromatic carbocycles. The molecular weight excluding hydrogens is 416 g/mol. The number of rotatable bonds is 6. The van der Waals surface area contributed by atoms with E-state index in [1.54, 1.807) is 40.9 Å². The lowest BCUT2D eigenvalue weighted by atomic mass is 10.2. The molecule has 3 aromatic heterocycles. The minimum absolute atomic E-state index is 0.153. The zero-order chi connectivity index (χ0) is 22.8. The van der Waals surface area contributed by atoms with E-state index in [2.05, 4.69) is 30.8 Å². The number of fused-ring (bicyclic) bond motifs is 1. The second-order valence-electron chi connectivity index (χ2n) is 7.61. The van der Waals surface area contributed by atoms with Crippen molar-refractivity contribution in [3.05, 3.63) is 85.1 Å². The van der Waals surface area contributed by atoms with E-state index in [0.717, 1.165) is 16.8 Å². The number of benzene rings is 2. The van der Waals surface area contributed by atoms with Crippen molar-refractivity contribution in [3.63, 3.8) is 0 Å². The maximum Gasteiger partial charge on any atom is 0.248 e. The Bertz CT molecular complexity index is 1410. The average molecular weight is 438 g/mol. The van der Waals surface area contributed by atoms with Crippen molar-refractivity contribution in [1.82, 2.24) is 29.5 Å². The number of carbonyl (C=O) groups excluding carboxylic acids is 1.